The highest BCUT2D eigenvalue weighted by Gasteiger charge is 2.25. The summed E-state index contributed by atoms with van der Waals surface area (Å²) in [4.78, 5) is 15.4. The second kappa shape index (κ2) is 7.20. The number of nitrogens with one attached hydrogen (secondary N) is 2. The molecule has 3 rings (SSSR count). The number of carbonyl (C=O) groups excluding carboxylic acids is 1. The molecule has 2 aromatic heterocycles. The molecule has 0 saturated carbocycles. The van der Waals surface area contributed by atoms with Crippen LogP contribution in [0.1, 0.15) is 44.4 Å². The van der Waals surface area contributed by atoms with Crippen LogP contribution < -0.4 is 5.43 Å². The predicted molar refractivity (Wildman–Crippen MR) is 104 cm³/mol. The molecule has 0 spiro atoms. The number of aromatic nitrogens is 1. The van der Waals surface area contributed by atoms with Gasteiger partial charge in [0.05, 0.1) is 6.42 Å². The van der Waals surface area contributed by atoms with Gasteiger partial charge in [-0.2, -0.15) is 5.10 Å². The van der Waals surface area contributed by atoms with Gasteiger partial charge in [-0.1, -0.05) is 32.0 Å². The number of hydrazone groups is 1. The van der Waals surface area contributed by atoms with Gasteiger partial charge in [0, 0.05) is 22.3 Å². The topological polar surface area (TPSA) is 70.4 Å². The van der Waals surface area contributed by atoms with Crippen molar-refractivity contribution in [2.45, 2.75) is 46.0 Å². The standard InChI is InChI=1S/C21H25N3O2/c1-14(13-21(3,4)19-10-9-15(2)26-19)23-24-20(25)12-17-11-16-7-5-6-8-18(16)22-17/h5-11,22H,12-13H2,1-4H3,(H,24,25)/b23-14+. The number of benzene rings is 1. The molecule has 26 heavy (non-hydrogen) atoms. The summed E-state index contributed by atoms with van der Waals surface area (Å²) in [6.07, 6.45) is 0.971. The molecule has 0 radical (unpaired) electrons. The number of amides is 1. The van der Waals surface area contributed by atoms with Gasteiger partial charge in [-0.25, -0.2) is 5.43 Å². The van der Waals surface area contributed by atoms with Gasteiger partial charge in [0.15, 0.2) is 0 Å². The number of aryl methyl sites for hydroxylation is 1. The van der Waals surface area contributed by atoms with Crippen LogP contribution in [0.5, 0.6) is 0 Å². The molecule has 5 heteroatoms. The van der Waals surface area contributed by atoms with Gasteiger partial charge in [0.25, 0.3) is 0 Å². The van der Waals surface area contributed by atoms with Crippen LogP contribution in [0.15, 0.2) is 52.0 Å². The summed E-state index contributed by atoms with van der Waals surface area (Å²) in [7, 11) is 0. The third-order valence-corrected chi connectivity index (χ3v) is 4.41. The first-order chi connectivity index (χ1) is 12.3. The van der Waals surface area contributed by atoms with Crippen LogP contribution in [0.3, 0.4) is 0 Å². The van der Waals surface area contributed by atoms with Crippen LogP contribution >= 0.6 is 0 Å². The first-order valence-corrected chi connectivity index (χ1v) is 8.79. The summed E-state index contributed by atoms with van der Waals surface area (Å²) >= 11 is 0. The van der Waals surface area contributed by atoms with Crippen molar-refractivity contribution in [2.24, 2.45) is 5.10 Å². The van der Waals surface area contributed by atoms with Crippen molar-refractivity contribution >= 4 is 22.5 Å². The minimum Gasteiger partial charge on any atom is -0.466 e. The van der Waals surface area contributed by atoms with E-state index in [0.29, 0.717) is 6.42 Å². The molecule has 0 atom stereocenters. The summed E-state index contributed by atoms with van der Waals surface area (Å²) in [6, 6.07) is 13.9. The Morgan fingerprint density at radius 3 is 2.69 bits per heavy atom. The minimum absolute atomic E-state index is 0.137. The van der Waals surface area contributed by atoms with Crippen LogP contribution in [0, 0.1) is 6.92 Å². The van der Waals surface area contributed by atoms with E-state index in [0.717, 1.165) is 33.8 Å². The van der Waals surface area contributed by atoms with Gasteiger partial charge in [0.2, 0.25) is 5.91 Å². The SMILES string of the molecule is C/C(CC(C)(C)c1ccc(C)o1)=N\NC(=O)Cc1cc2ccccc2[nH]1. The summed E-state index contributed by atoms with van der Waals surface area (Å²) in [5, 5.41) is 5.36. The average molecular weight is 351 g/mol. The lowest BCUT2D eigenvalue weighted by atomic mass is 9.85. The Morgan fingerprint density at radius 2 is 2.00 bits per heavy atom. The van der Waals surface area contributed by atoms with Crippen molar-refractivity contribution < 1.29 is 9.21 Å². The smallest absolute Gasteiger partial charge is 0.245 e. The average Bonchev–Trinajstić information content (AvgIpc) is 3.18. The second-order valence-electron chi connectivity index (χ2n) is 7.41. The van der Waals surface area contributed by atoms with E-state index in [1.807, 2.05) is 56.3 Å². The molecule has 0 aliphatic heterocycles. The summed E-state index contributed by atoms with van der Waals surface area (Å²) in [5.74, 6) is 1.69. The monoisotopic (exact) mass is 351 g/mol. The third-order valence-electron chi connectivity index (χ3n) is 4.41. The zero-order chi connectivity index (χ0) is 18.7. The molecule has 0 fully saturated rings. The number of rotatable bonds is 6. The summed E-state index contributed by atoms with van der Waals surface area (Å²) < 4.78 is 5.74. The van der Waals surface area contributed by atoms with E-state index in [2.05, 4.69) is 29.4 Å². The van der Waals surface area contributed by atoms with Crippen molar-refractivity contribution in [1.29, 1.82) is 0 Å². The lowest BCUT2D eigenvalue weighted by Gasteiger charge is -2.21. The Morgan fingerprint density at radius 1 is 1.23 bits per heavy atom. The van der Waals surface area contributed by atoms with Crippen LogP contribution in [-0.2, 0) is 16.6 Å². The molecule has 1 aromatic carbocycles. The molecule has 5 nitrogen and oxygen atoms in total. The molecule has 0 saturated heterocycles. The van der Waals surface area contributed by atoms with E-state index in [1.165, 1.54) is 0 Å². The number of H-pyrrole nitrogens is 1. The Hall–Kier alpha value is -2.82. The highest BCUT2D eigenvalue weighted by atomic mass is 16.3. The quantitative estimate of drug-likeness (QED) is 0.508. The zero-order valence-electron chi connectivity index (χ0n) is 15.7. The summed E-state index contributed by atoms with van der Waals surface area (Å²) in [5.41, 5.74) is 5.24. The lowest BCUT2D eigenvalue weighted by molar-refractivity contribution is -0.120. The van der Waals surface area contributed by atoms with Crippen LogP contribution in [0.25, 0.3) is 10.9 Å². The van der Waals surface area contributed by atoms with E-state index < -0.39 is 0 Å². The molecule has 0 unspecified atom stereocenters. The number of fused-ring (bicyclic) bond motifs is 1. The Kier molecular flexibility index (Phi) is 4.98. The van der Waals surface area contributed by atoms with E-state index in [-0.39, 0.29) is 17.7 Å². The van der Waals surface area contributed by atoms with Crippen LogP contribution in [-0.4, -0.2) is 16.6 Å². The molecule has 0 aliphatic rings. The molecule has 2 N–H and O–H groups in total. The van der Waals surface area contributed by atoms with Gasteiger partial charge >= 0.3 is 0 Å². The molecule has 3 aromatic rings. The van der Waals surface area contributed by atoms with E-state index >= 15 is 0 Å². The minimum atomic E-state index is -0.177. The Labute approximate surface area is 153 Å². The number of hydrogen-bond donors (Lipinski definition) is 2. The van der Waals surface area contributed by atoms with E-state index in [4.69, 9.17) is 4.42 Å². The maximum atomic E-state index is 12.2. The molecule has 0 bridgehead atoms. The van der Waals surface area contributed by atoms with Crippen LogP contribution in [0.2, 0.25) is 0 Å². The highest BCUT2D eigenvalue weighted by Crippen LogP contribution is 2.29. The Balaban J connectivity index is 1.58. The number of para-hydroxylation sites is 1. The normalized spacial score (nSPS) is 12.5. The molecular weight excluding hydrogens is 326 g/mol. The molecule has 2 heterocycles. The Bertz CT molecular complexity index is 914. The number of aromatic amines is 1. The lowest BCUT2D eigenvalue weighted by Crippen LogP contribution is -2.24. The van der Waals surface area contributed by atoms with E-state index in [1.54, 1.807) is 0 Å². The predicted octanol–water partition coefficient (Wildman–Crippen LogP) is 4.47. The second-order valence-corrected chi connectivity index (χ2v) is 7.41. The molecule has 136 valence electrons. The van der Waals surface area contributed by atoms with Crippen molar-refractivity contribution in [3.8, 4) is 0 Å². The van der Waals surface area contributed by atoms with Gasteiger partial charge < -0.3 is 9.40 Å². The number of hydrogen-bond acceptors (Lipinski definition) is 3. The number of carbonyl (C=O) groups is 1. The molecule has 0 aliphatic carbocycles. The largest absolute Gasteiger partial charge is 0.466 e. The number of nitrogens with zero attached hydrogens (tertiary/aromatic N) is 1. The molecule has 1 amide bonds. The van der Waals surface area contributed by atoms with Crippen molar-refractivity contribution in [3.63, 3.8) is 0 Å². The maximum absolute atomic E-state index is 12.2. The van der Waals surface area contributed by atoms with Gasteiger partial charge in [-0.05, 0) is 49.9 Å². The fourth-order valence-corrected chi connectivity index (χ4v) is 3.16. The third kappa shape index (κ3) is 4.23. The van der Waals surface area contributed by atoms with Crippen molar-refractivity contribution in [2.75, 3.05) is 0 Å². The zero-order valence-corrected chi connectivity index (χ0v) is 15.7. The first-order valence-electron chi connectivity index (χ1n) is 8.79. The van der Waals surface area contributed by atoms with Gasteiger partial charge in [-0.3, -0.25) is 4.79 Å². The maximum Gasteiger partial charge on any atom is 0.245 e. The fourth-order valence-electron chi connectivity index (χ4n) is 3.16. The highest BCUT2D eigenvalue weighted by molar-refractivity contribution is 5.87. The van der Waals surface area contributed by atoms with Gasteiger partial charge in [-0.15, -0.1) is 0 Å². The summed E-state index contributed by atoms with van der Waals surface area (Å²) in [6.45, 7) is 8.07. The number of furan rings is 1. The molecular formula is C21H25N3O2. The first kappa shape index (κ1) is 18.0. The van der Waals surface area contributed by atoms with Crippen molar-refractivity contribution in [1.82, 2.24) is 10.4 Å². The van der Waals surface area contributed by atoms with E-state index in [9.17, 15) is 4.79 Å². The van der Waals surface area contributed by atoms with Gasteiger partial charge in [0.1, 0.15) is 11.5 Å². The van der Waals surface area contributed by atoms with Crippen molar-refractivity contribution in [3.05, 3.63) is 59.7 Å². The van der Waals surface area contributed by atoms with Crippen LogP contribution in [0.4, 0.5) is 0 Å². The fraction of sp³-hybridized carbons (Fsp3) is 0.333.